The van der Waals surface area contributed by atoms with Gasteiger partial charge in [-0.05, 0) is 37.3 Å². The van der Waals surface area contributed by atoms with Crippen LogP contribution in [0.25, 0.3) is 0 Å². The zero-order valence-corrected chi connectivity index (χ0v) is 11.8. The average Bonchev–Trinajstić information content (AvgIpc) is 3.18. The Balaban J connectivity index is 2.28. The number of nitrogens with one attached hydrogen (secondary N) is 1. The zero-order chi connectivity index (χ0) is 13.1. The third-order valence-electron chi connectivity index (χ3n) is 3.27. The van der Waals surface area contributed by atoms with Gasteiger partial charge in [0.15, 0.2) is 0 Å². The highest BCUT2D eigenvalue weighted by Gasteiger charge is 2.38. The molecule has 1 aromatic rings. The number of benzene rings is 1. The lowest BCUT2D eigenvalue weighted by Crippen LogP contribution is -2.39. The summed E-state index contributed by atoms with van der Waals surface area (Å²) in [6.07, 6.45) is 2.41. The van der Waals surface area contributed by atoms with Crippen molar-refractivity contribution in [3.05, 3.63) is 33.8 Å². The first-order valence-corrected chi connectivity index (χ1v) is 6.96. The van der Waals surface area contributed by atoms with Gasteiger partial charge in [0.05, 0.1) is 22.2 Å². The standard InChI is InChI=1S/C13H18Cl2N2O/c1-2-18-13(8-6-7-8)12(17-16)9-4-3-5-10(14)11(9)15/h3-5,8,12-13,17H,2,6-7,16H2,1H3. The van der Waals surface area contributed by atoms with Gasteiger partial charge in [0.25, 0.3) is 0 Å². The average molecular weight is 289 g/mol. The van der Waals surface area contributed by atoms with Crippen LogP contribution in [-0.4, -0.2) is 12.7 Å². The van der Waals surface area contributed by atoms with Gasteiger partial charge in [-0.25, -0.2) is 0 Å². The minimum atomic E-state index is -0.122. The minimum Gasteiger partial charge on any atom is -0.376 e. The Morgan fingerprint density at radius 3 is 2.72 bits per heavy atom. The van der Waals surface area contributed by atoms with Crippen molar-refractivity contribution in [1.82, 2.24) is 5.43 Å². The molecule has 1 aliphatic rings. The van der Waals surface area contributed by atoms with Crippen LogP contribution in [0.3, 0.4) is 0 Å². The van der Waals surface area contributed by atoms with Crippen LogP contribution in [0.2, 0.25) is 10.0 Å². The largest absolute Gasteiger partial charge is 0.376 e. The summed E-state index contributed by atoms with van der Waals surface area (Å²) in [5, 5.41) is 1.09. The second-order valence-corrected chi connectivity index (χ2v) is 5.33. The lowest BCUT2D eigenvalue weighted by molar-refractivity contribution is 0.0185. The molecule has 18 heavy (non-hydrogen) atoms. The molecule has 0 heterocycles. The Bertz CT molecular complexity index is 410. The van der Waals surface area contributed by atoms with E-state index < -0.39 is 0 Å². The summed E-state index contributed by atoms with van der Waals surface area (Å²) in [4.78, 5) is 0. The molecule has 2 rings (SSSR count). The molecule has 100 valence electrons. The van der Waals surface area contributed by atoms with Gasteiger partial charge in [-0.2, -0.15) is 0 Å². The molecular weight excluding hydrogens is 271 g/mol. The Morgan fingerprint density at radius 1 is 1.44 bits per heavy atom. The van der Waals surface area contributed by atoms with Gasteiger partial charge in [-0.3, -0.25) is 11.3 Å². The Hall–Kier alpha value is -0.320. The van der Waals surface area contributed by atoms with Crippen molar-refractivity contribution in [2.24, 2.45) is 11.8 Å². The maximum absolute atomic E-state index is 6.25. The molecule has 1 aliphatic carbocycles. The summed E-state index contributed by atoms with van der Waals surface area (Å²) < 4.78 is 5.82. The second kappa shape index (κ2) is 6.22. The van der Waals surface area contributed by atoms with Crippen molar-refractivity contribution in [1.29, 1.82) is 0 Å². The summed E-state index contributed by atoms with van der Waals surface area (Å²) >= 11 is 12.3. The number of hydrogen-bond acceptors (Lipinski definition) is 3. The molecule has 1 saturated carbocycles. The summed E-state index contributed by atoms with van der Waals surface area (Å²) in [7, 11) is 0. The normalized spacial score (nSPS) is 18.7. The molecular formula is C13H18Cl2N2O. The van der Waals surface area contributed by atoms with Gasteiger partial charge < -0.3 is 4.74 Å². The van der Waals surface area contributed by atoms with Crippen LogP contribution >= 0.6 is 23.2 Å². The Morgan fingerprint density at radius 2 is 2.17 bits per heavy atom. The SMILES string of the molecule is CCOC(C1CC1)C(NN)c1cccc(Cl)c1Cl. The molecule has 0 saturated heterocycles. The molecule has 0 amide bonds. The summed E-state index contributed by atoms with van der Waals surface area (Å²) in [6, 6.07) is 5.47. The van der Waals surface area contributed by atoms with Gasteiger partial charge in [-0.1, -0.05) is 35.3 Å². The number of rotatable bonds is 6. The molecule has 1 aromatic carbocycles. The Kier molecular flexibility index (Phi) is 4.87. The molecule has 0 aliphatic heterocycles. The van der Waals surface area contributed by atoms with Crippen LogP contribution in [-0.2, 0) is 4.74 Å². The first kappa shape index (κ1) is 14.1. The van der Waals surface area contributed by atoms with Crippen molar-refractivity contribution in [3.8, 4) is 0 Å². The first-order chi connectivity index (χ1) is 8.69. The summed E-state index contributed by atoms with van der Waals surface area (Å²) in [6.45, 7) is 2.65. The minimum absolute atomic E-state index is 0.0518. The number of ether oxygens (including phenoxy) is 1. The zero-order valence-electron chi connectivity index (χ0n) is 10.3. The number of hydrazine groups is 1. The number of nitrogens with two attached hydrogens (primary N) is 1. The van der Waals surface area contributed by atoms with Gasteiger partial charge in [-0.15, -0.1) is 0 Å². The third kappa shape index (κ3) is 2.98. The molecule has 1 fully saturated rings. The molecule has 0 spiro atoms. The van der Waals surface area contributed by atoms with Crippen LogP contribution in [0.15, 0.2) is 18.2 Å². The van der Waals surface area contributed by atoms with E-state index in [1.807, 2.05) is 19.1 Å². The van der Waals surface area contributed by atoms with Crippen LogP contribution in [0.4, 0.5) is 0 Å². The maximum Gasteiger partial charge on any atom is 0.0811 e. The van der Waals surface area contributed by atoms with E-state index in [0.29, 0.717) is 22.6 Å². The van der Waals surface area contributed by atoms with Crippen molar-refractivity contribution < 1.29 is 4.74 Å². The fraction of sp³-hybridized carbons (Fsp3) is 0.538. The van der Waals surface area contributed by atoms with Crippen LogP contribution in [0.1, 0.15) is 31.4 Å². The quantitative estimate of drug-likeness (QED) is 0.624. The fourth-order valence-electron chi connectivity index (χ4n) is 2.24. The highest BCUT2D eigenvalue weighted by Crippen LogP contribution is 2.42. The van der Waals surface area contributed by atoms with Crippen molar-refractivity contribution >= 4 is 23.2 Å². The van der Waals surface area contributed by atoms with E-state index in [0.717, 1.165) is 5.56 Å². The number of halogens is 2. The highest BCUT2D eigenvalue weighted by molar-refractivity contribution is 6.42. The lowest BCUT2D eigenvalue weighted by Gasteiger charge is -2.27. The molecule has 0 radical (unpaired) electrons. The molecule has 2 unspecified atom stereocenters. The third-order valence-corrected chi connectivity index (χ3v) is 4.10. The van der Waals surface area contributed by atoms with Crippen molar-refractivity contribution in [2.45, 2.75) is 31.9 Å². The predicted molar refractivity (Wildman–Crippen MR) is 74.7 cm³/mol. The number of hydrogen-bond donors (Lipinski definition) is 2. The van der Waals surface area contributed by atoms with Crippen LogP contribution < -0.4 is 11.3 Å². The van der Waals surface area contributed by atoms with Gasteiger partial charge >= 0.3 is 0 Å². The van der Waals surface area contributed by atoms with E-state index in [-0.39, 0.29) is 12.1 Å². The predicted octanol–water partition coefficient (Wildman–Crippen LogP) is 3.31. The van der Waals surface area contributed by atoms with Gasteiger partial charge in [0.1, 0.15) is 0 Å². The topological polar surface area (TPSA) is 47.3 Å². The van der Waals surface area contributed by atoms with E-state index in [2.05, 4.69) is 5.43 Å². The molecule has 2 atom stereocenters. The fourth-order valence-corrected chi connectivity index (χ4v) is 2.67. The highest BCUT2D eigenvalue weighted by atomic mass is 35.5. The van der Waals surface area contributed by atoms with E-state index in [1.54, 1.807) is 6.07 Å². The van der Waals surface area contributed by atoms with Crippen LogP contribution in [0, 0.1) is 5.92 Å². The summed E-state index contributed by atoms with van der Waals surface area (Å²) in [5.74, 6) is 6.25. The van der Waals surface area contributed by atoms with E-state index >= 15 is 0 Å². The molecule has 0 bridgehead atoms. The smallest absolute Gasteiger partial charge is 0.0811 e. The van der Waals surface area contributed by atoms with Crippen LogP contribution in [0.5, 0.6) is 0 Å². The monoisotopic (exact) mass is 288 g/mol. The molecule has 3 nitrogen and oxygen atoms in total. The summed E-state index contributed by atoms with van der Waals surface area (Å²) in [5.41, 5.74) is 3.72. The van der Waals surface area contributed by atoms with Crippen molar-refractivity contribution in [3.63, 3.8) is 0 Å². The second-order valence-electron chi connectivity index (χ2n) is 4.54. The Labute approximate surface area is 118 Å². The first-order valence-electron chi connectivity index (χ1n) is 6.20. The van der Waals surface area contributed by atoms with Gasteiger partial charge in [0, 0.05) is 6.61 Å². The van der Waals surface area contributed by atoms with E-state index in [1.165, 1.54) is 12.8 Å². The molecule has 3 N–H and O–H groups in total. The maximum atomic E-state index is 6.25. The molecule has 0 aromatic heterocycles. The van der Waals surface area contributed by atoms with Crippen molar-refractivity contribution in [2.75, 3.05) is 6.61 Å². The van der Waals surface area contributed by atoms with Gasteiger partial charge in [0.2, 0.25) is 0 Å². The lowest BCUT2D eigenvalue weighted by atomic mass is 9.98. The van der Waals surface area contributed by atoms with E-state index in [4.69, 9.17) is 33.8 Å². The molecule has 5 heteroatoms. The van der Waals surface area contributed by atoms with E-state index in [9.17, 15) is 0 Å².